The highest BCUT2D eigenvalue weighted by molar-refractivity contribution is 5.61. The summed E-state index contributed by atoms with van der Waals surface area (Å²) in [5.41, 5.74) is 6.99. The summed E-state index contributed by atoms with van der Waals surface area (Å²) in [6.07, 6.45) is 3.53. The number of hydrogen-bond acceptors (Lipinski definition) is 5. The summed E-state index contributed by atoms with van der Waals surface area (Å²) in [4.78, 5) is 12.6. The van der Waals surface area contributed by atoms with Crippen molar-refractivity contribution in [2.75, 3.05) is 31.7 Å². The Morgan fingerprint density at radius 3 is 2.58 bits per heavy atom. The minimum atomic E-state index is -0.424. The Kier molecular flexibility index (Phi) is 3.61. The van der Waals surface area contributed by atoms with Gasteiger partial charge in [0.1, 0.15) is 0 Å². The zero-order valence-electron chi connectivity index (χ0n) is 11.3. The standard InChI is InChI=1S/C13H20N4O2/c1-16(2)13(4-3-5-13)9-15-11-6-10(14)7-12(8-11)17(18)19/h6-8,15H,3-5,9,14H2,1-2H3. The lowest BCUT2D eigenvalue weighted by molar-refractivity contribution is -0.384. The fourth-order valence-electron chi connectivity index (χ4n) is 2.48. The first-order chi connectivity index (χ1) is 8.93. The van der Waals surface area contributed by atoms with Crippen LogP contribution >= 0.6 is 0 Å². The van der Waals surface area contributed by atoms with Gasteiger partial charge in [-0.3, -0.25) is 10.1 Å². The van der Waals surface area contributed by atoms with Gasteiger partial charge in [0.15, 0.2) is 0 Å². The predicted molar refractivity (Wildman–Crippen MR) is 76.3 cm³/mol. The minimum Gasteiger partial charge on any atom is -0.398 e. The van der Waals surface area contributed by atoms with Crippen LogP contribution in [0.25, 0.3) is 0 Å². The maximum Gasteiger partial charge on any atom is 0.273 e. The molecule has 0 bridgehead atoms. The van der Waals surface area contributed by atoms with Crippen molar-refractivity contribution in [2.45, 2.75) is 24.8 Å². The number of nitrogens with two attached hydrogens (primary N) is 1. The van der Waals surface area contributed by atoms with Crippen molar-refractivity contribution >= 4 is 17.1 Å². The van der Waals surface area contributed by atoms with Crippen LogP contribution in [0.3, 0.4) is 0 Å². The van der Waals surface area contributed by atoms with Crippen LogP contribution in [0, 0.1) is 10.1 Å². The largest absolute Gasteiger partial charge is 0.398 e. The number of benzene rings is 1. The molecule has 0 unspecified atom stereocenters. The van der Waals surface area contributed by atoms with Crippen molar-refractivity contribution in [3.8, 4) is 0 Å². The highest BCUT2D eigenvalue weighted by atomic mass is 16.6. The second-order valence-corrected chi connectivity index (χ2v) is 5.40. The van der Waals surface area contributed by atoms with Crippen molar-refractivity contribution in [1.29, 1.82) is 0 Å². The van der Waals surface area contributed by atoms with Gasteiger partial charge in [-0.15, -0.1) is 0 Å². The summed E-state index contributed by atoms with van der Waals surface area (Å²) in [6.45, 7) is 0.778. The molecule has 1 aromatic rings. The Balaban J connectivity index is 2.09. The number of anilines is 2. The first-order valence-corrected chi connectivity index (χ1v) is 6.39. The number of non-ortho nitro benzene ring substituents is 1. The Bertz CT molecular complexity index is 484. The molecule has 6 nitrogen and oxygen atoms in total. The van der Waals surface area contributed by atoms with Crippen LogP contribution in [0.1, 0.15) is 19.3 Å². The van der Waals surface area contributed by atoms with Gasteiger partial charge >= 0.3 is 0 Å². The van der Waals surface area contributed by atoms with Gasteiger partial charge in [-0.25, -0.2) is 0 Å². The highest BCUT2D eigenvalue weighted by Crippen LogP contribution is 2.36. The molecule has 1 fully saturated rings. The molecule has 19 heavy (non-hydrogen) atoms. The topological polar surface area (TPSA) is 84.4 Å². The fourth-order valence-corrected chi connectivity index (χ4v) is 2.48. The molecule has 0 aromatic heterocycles. The number of nitro groups is 1. The Morgan fingerprint density at radius 2 is 2.11 bits per heavy atom. The van der Waals surface area contributed by atoms with E-state index in [0.717, 1.165) is 19.4 Å². The van der Waals surface area contributed by atoms with E-state index < -0.39 is 4.92 Å². The summed E-state index contributed by atoms with van der Waals surface area (Å²) >= 11 is 0. The highest BCUT2D eigenvalue weighted by Gasteiger charge is 2.38. The molecule has 1 aromatic carbocycles. The van der Waals surface area contributed by atoms with E-state index in [4.69, 9.17) is 5.73 Å². The van der Waals surface area contributed by atoms with Crippen LogP contribution in [0.5, 0.6) is 0 Å². The second-order valence-electron chi connectivity index (χ2n) is 5.40. The number of hydrogen-bond donors (Lipinski definition) is 2. The van der Waals surface area contributed by atoms with Crippen molar-refractivity contribution in [3.63, 3.8) is 0 Å². The lowest BCUT2D eigenvalue weighted by Gasteiger charge is -2.47. The zero-order valence-corrected chi connectivity index (χ0v) is 11.3. The van der Waals surface area contributed by atoms with Crippen LogP contribution in [-0.2, 0) is 0 Å². The molecule has 6 heteroatoms. The van der Waals surface area contributed by atoms with Crippen LogP contribution in [-0.4, -0.2) is 36.0 Å². The molecule has 0 atom stereocenters. The summed E-state index contributed by atoms with van der Waals surface area (Å²) < 4.78 is 0. The van der Waals surface area contributed by atoms with Gasteiger partial charge in [0.25, 0.3) is 5.69 Å². The smallest absolute Gasteiger partial charge is 0.273 e. The first-order valence-electron chi connectivity index (χ1n) is 6.39. The number of nitrogen functional groups attached to an aromatic ring is 1. The van der Waals surface area contributed by atoms with E-state index in [1.54, 1.807) is 6.07 Å². The van der Waals surface area contributed by atoms with Crippen molar-refractivity contribution in [3.05, 3.63) is 28.3 Å². The quantitative estimate of drug-likeness (QED) is 0.483. The predicted octanol–water partition coefficient (Wildman–Crippen LogP) is 2.07. The summed E-state index contributed by atoms with van der Waals surface area (Å²) in [6, 6.07) is 4.63. The van der Waals surface area contributed by atoms with E-state index in [0.29, 0.717) is 11.4 Å². The fraction of sp³-hybridized carbons (Fsp3) is 0.538. The zero-order chi connectivity index (χ0) is 14.0. The summed E-state index contributed by atoms with van der Waals surface area (Å²) in [7, 11) is 4.14. The molecule has 0 amide bonds. The number of nitrogens with one attached hydrogen (secondary N) is 1. The van der Waals surface area contributed by atoms with E-state index >= 15 is 0 Å². The molecule has 3 N–H and O–H groups in total. The maximum atomic E-state index is 10.8. The minimum absolute atomic E-state index is 0.0232. The number of nitro benzene ring substituents is 1. The van der Waals surface area contributed by atoms with E-state index in [-0.39, 0.29) is 11.2 Å². The van der Waals surface area contributed by atoms with E-state index in [9.17, 15) is 10.1 Å². The van der Waals surface area contributed by atoms with Gasteiger partial charge in [0, 0.05) is 35.6 Å². The Morgan fingerprint density at radius 1 is 1.42 bits per heavy atom. The second kappa shape index (κ2) is 5.05. The van der Waals surface area contributed by atoms with Crippen molar-refractivity contribution in [1.82, 2.24) is 4.90 Å². The lowest BCUT2D eigenvalue weighted by Crippen LogP contribution is -2.54. The maximum absolute atomic E-state index is 10.8. The third kappa shape index (κ3) is 2.78. The average Bonchev–Trinajstić information content (AvgIpc) is 2.26. The van der Waals surface area contributed by atoms with Gasteiger partial charge in [-0.1, -0.05) is 0 Å². The van der Waals surface area contributed by atoms with Crippen LogP contribution < -0.4 is 11.1 Å². The molecule has 104 valence electrons. The van der Waals surface area contributed by atoms with Crippen LogP contribution in [0.4, 0.5) is 17.1 Å². The van der Waals surface area contributed by atoms with Gasteiger partial charge in [-0.05, 0) is 39.4 Å². The van der Waals surface area contributed by atoms with Crippen LogP contribution in [0.15, 0.2) is 18.2 Å². The molecular weight excluding hydrogens is 244 g/mol. The molecule has 1 aliphatic rings. The number of likely N-dealkylation sites (N-methyl/N-ethyl adjacent to an activating group) is 1. The molecular formula is C13H20N4O2. The summed E-state index contributed by atoms with van der Waals surface area (Å²) in [5, 5.41) is 14.1. The van der Waals surface area contributed by atoms with E-state index in [1.165, 1.54) is 18.6 Å². The number of rotatable bonds is 5. The molecule has 0 heterocycles. The van der Waals surface area contributed by atoms with Gasteiger partial charge in [0.2, 0.25) is 0 Å². The molecule has 0 aliphatic heterocycles. The normalized spacial score (nSPS) is 17.0. The third-order valence-corrected chi connectivity index (χ3v) is 4.01. The van der Waals surface area contributed by atoms with Gasteiger partial charge in [0.05, 0.1) is 4.92 Å². The van der Waals surface area contributed by atoms with Gasteiger partial charge in [-0.2, -0.15) is 0 Å². The van der Waals surface area contributed by atoms with Crippen LogP contribution in [0.2, 0.25) is 0 Å². The first kappa shape index (κ1) is 13.6. The Hall–Kier alpha value is -1.82. The molecule has 0 saturated heterocycles. The van der Waals surface area contributed by atoms with E-state index in [1.807, 2.05) is 0 Å². The molecule has 1 saturated carbocycles. The van der Waals surface area contributed by atoms with Gasteiger partial charge < -0.3 is 16.0 Å². The lowest BCUT2D eigenvalue weighted by atomic mass is 9.75. The summed E-state index contributed by atoms with van der Waals surface area (Å²) in [5.74, 6) is 0. The van der Waals surface area contributed by atoms with Crippen molar-refractivity contribution < 1.29 is 4.92 Å². The molecule has 2 rings (SSSR count). The third-order valence-electron chi connectivity index (χ3n) is 4.01. The molecule has 0 radical (unpaired) electrons. The number of nitrogens with zero attached hydrogens (tertiary/aromatic N) is 2. The monoisotopic (exact) mass is 264 g/mol. The van der Waals surface area contributed by atoms with Crippen molar-refractivity contribution in [2.24, 2.45) is 0 Å². The SMILES string of the molecule is CN(C)C1(CNc2cc(N)cc([N+](=O)[O-])c2)CCC1. The van der Waals surface area contributed by atoms with E-state index in [2.05, 4.69) is 24.3 Å². The molecule has 1 aliphatic carbocycles. The molecule has 0 spiro atoms. The average molecular weight is 264 g/mol. The Labute approximate surface area is 112 Å².